The molecule has 1 aromatic heterocycles. The lowest BCUT2D eigenvalue weighted by molar-refractivity contribution is 0.103. The van der Waals surface area contributed by atoms with Crippen LogP contribution in [-0.2, 0) is 0 Å². The third-order valence-electron chi connectivity index (χ3n) is 2.52. The third kappa shape index (κ3) is 2.20. The molecule has 0 saturated carbocycles. The van der Waals surface area contributed by atoms with E-state index in [4.69, 9.17) is 11.6 Å². The lowest BCUT2D eigenvalue weighted by atomic mass is 10.1. The fraction of sp³-hybridized carbons (Fsp3) is 0.0833. The second kappa shape index (κ2) is 5.14. The standard InChI is InChI=1S/C12H4ClF5OS/c1-3-2-4(20-12(3)13)11(19)5-6(14)8(16)10(18)9(17)7(5)15/h2H,1H3. The third-order valence-corrected chi connectivity index (χ3v) is 4.07. The Morgan fingerprint density at radius 1 is 1.00 bits per heavy atom. The van der Waals surface area contributed by atoms with Crippen molar-refractivity contribution in [1.29, 1.82) is 0 Å². The minimum absolute atomic E-state index is 0.192. The maximum absolute atomic E-state index is 13.5. The summed E-state index contributed by atoms with van der Waals surface area (Å²) in [5.41, 5.74) is -1.02. The van der Waals surface area contributed by atoms with Crippen LogP contribution in [0.25, 0.3) is 0 Å². The smallest absolute Gasteiger partial charge is 0.209 e. The van der Waals surface area contributed by atoms with E-state index in [2.05, 4.69) is 0 Å². The molecular weight excluding hydrogens is 323 g/mol. The fourth-order valence-corrected chi connectivity index (χ4v) is 2.65. The number of aryl methyl sites for hydroxylation is 1. The number of halogens is 6. The lowest BCUT2D eigenvalue weighted by Gasteiger charge is -2.06. The van der Waals surface area contributed by atoms with Gasteiger partial charge in [-0.25, -0.2) is 22.0 Å². The number of carbonyl (C=O) groups excluding carboxylic acids is 1. The van der Waals surface area contributed by atoms with Crippen molar-refractivity contribution in [3.05, 3.63) is 55.5 Å². The van der Waals surface area contributed by atoms with Gasteiger partial charge in [-0.1, -0.05) is 11.6 Å². The number of hydrogen-bond donors (Lipinski definition) is 0. The Balaban J connectivity index is 2.67. The van der Waals surface area contributed by atoms with Crippen LogP contribution in [0, 0.1) is 36.0 Å². The zero-order chi connectivity index (χ0) is 15.2. The molecule has 1 heterocycles. The number of hydrogen-bond acceptors (Lipinski definition) is 2. The molecule has 0 spiro atoms. The quantitative estimate of drug-likeness (QED) is 0.340. The van der Waals surface area contributed by atoms with E-state index in [1.165, 1.54) is 13.0 Å². The SMILES string of the molecule is Cc1cc(C(=O)c2c(F)c(F)c(F)c(F)c2F)sc1Cl. The number of thiophene rings is 1. The van der Waals surface area contributed by atoms with Gasteiger partial charge < -0.3 is 0 Å². The van der Waals surface area contributed by atoms with Crippen molar-refractivity contribution in [2.45, 2.75) is 6.92 Å². The van der Waals surface area contributed by atoms with Gasteiger partial charge in [0.2, 0.25) is 11.6 Å². The van der Waals surface area contributed by atoms with Gasteiger partial charge in [0.1, 0.15) is 5.56 Å². The Morgan fingerprint density at radius 2 is 1.45 bits per heavy atom. The molecule has 20 heavy (non-hydrogen) atoms. The molecule has 0 unspecified atom stereocenters. The Labute approximate surface area is 118 Å². The van der Waals surface area contributed by atoms with Gasteiger partial charge in [0.15, 0.2) is 23.3 Å². The van der Waals surface area contributed by atoms with Gasteiger partial charge in [0.25, 0.3) is 0 Å². The normalized spacial score (nSPS) is 10.9. The second-order valence-corrected chi connectivity index (χ2v) is 5.50. The van der Waals surface area contributed by atoms with E-state index in [9.17, 15) is 26.7 Å². The predicted molar refractivity (Wildman–Crippen MR) is 63.7 cm³/mol. The van der Waals surface area contributed by atoms with Gasteiger partial charge in [-0.3, -0.25) is 4.79 Å². The first-order valence-corrected chi connectivity index (χ1v) is 6.27. The highest BCUT2D eigenvalue weighted by Crippen LogP contribution is 2.31. The molecule has 0 aliphatic heterocycles. The van der Waals surface area contributed by atoms with Crippen LogP contribution in [0.1, 0.15) is 20.8 Å². The molecule has 1 nitrogen and oxygen atoms in total. The van der Waals surface area contributed by atoms with E-state index >= 15 is 0 Å². The Morgan fingerprint density at radius 3 is 1.85 bits per heavy atom. The van der Waals surface area contributed by atoms with E-state index in [0.717, 1.165) is 0 Å². The summed E-state index contributed by atoms with van der Waals surface area (Å²) in [4.78, 5) is 11.7. The molecule has 0 atom stereocenters. The van der Waals surface area contributed by atoms with Crippen molar-refractivity contribution in [3.8, 4) is 0 Å². The molecule has 2 rings (SSSR count). The molecule has 0 amide bonds. The summed E-state index contributed by atoms with van der Waals surface area (Å²) in [6.45, 7) is 1.54. The fourth-order valence-electron chi connectivity index (χ4n) is 1.50. The average Bonchev–Trinajstić information content (AvgIpc) is 2.74. The largest absolute Gasteiger partial charge is 0.287 e. The van der Waals surface area contributed by atoms with Gasteiger partial charge in [-0.05, 0) is 18.6 Å². The molecule has 0 bridgehead atoms. The van der Waals surface area contributed by atoms with Gasteiger partial charge in [0.05, 0.1) is 9.21 Å². The molecule has 0 aliphatic carbocycles. The first kappa shape index (κ1) is 14.9. The van der Waals surface area contributed by atoms with Crippen molar-refractivity contribution >= 4 is 28.7 Å². The summed E-state index contributed by atoms with van der Waals surface area (Å²) < 4.78 is 66.1. The van der Waals surface area contributed by atoms with Crippen molar-refractivity contribution in [3.63, 3.8) is 0 Å². The molecule has 0 aliphatic rings. The van der Waals surface area contributed by atoms with Crippen LogP contribution in [0.3, 0.4) is 0 Å². The van der Waals surface area contributed by atoms with Gasteiger partial charge >= 0.3 is 0 Å². The van der Waals surface area contributed by atoms with Gasteiger partial charge in [-0.15, -0.1) is 11.3 Å². The highest BCUT2D eigenvalue weighted by atomic mass is 35.5. The summed E-state index contributed by atoms with van der Waals surface area (Å²) in [5, 5.41) is 0. The summed E-state index contributed by atoms with van der Waals surface area (Å²) in [5.74, 6) is -12.3. The van der Waals surface area contributed by atoms with E-state index in [1.807, 2.05) is 0 Å². The maximum Gasteiger partial charge on any atom is 0.209 e. The number of carbonyl (C=O) groups is 1. The molecule has 0 fully saturated rings. The molecular formula is C12H4ClF5OS. The average molecular weight is 327 g/mol. The van der Waals surface area contributed by atoms with Crippen LogP contribution < -0.4 is 0 Å². The van der Waals surface area contributed by atoms with Crippen LogP contribution in [0.2, 0.25) is 4.34 Å². The highest BCUT2D eigenvalue weighted by Gasteiger charge is 2.31. The number of ketones is 1. The Hall–Kier alpha value is -1.47. The molecule has 106 valence electrons. The van der Waals surface area contributed by atoms with Crippen molar-refractivity contribution in [2.24, 2.45) is 0 Å². The Bertz CT molecular complexity index is 677. The summed E-state index contributed by atoms with van der Waals surface area (Å²) in [7, 11) is 0. The van der Waals surface area contributed by atoms with Crippen LogP contribution in [0.4, 0.5) is 22.0 Å². The summed E-state index contributed by atoms with van der Waals surface area (Å²) in [6, 6.07) is 1.22. The van der Waals surface area contributed by atoms with Crippen LogP contribution in [-0.4, -0.2) is 5.78 Å². The van der Waals surface area contributed by atoms with Crippen molar-refractivity contribution in [1.82, 2.24) is 0 Å². The molecule has 2 aromatic rings. The monoisotopic (exact) mass is 326 g/mol. The van der Waals surface area contributed by atoms with Crippen LogP contribution in [0.5, 0.6) is 0 Å². The first-order chi connectivity index (χ1) is 9.25. The minimum Gasteiger partial charge on any atom is -0.287 e. The minimum atomic E-state index is -2.31. The van der Waals surface area contributed by atoms with E-state index < -0.39 is 40.4 Å². The van der Waals surface area contributed by atoms with E-state index in [1.54, 1.807) is 0 Å². The highest BCUT2D eigenvalue weighted by molar-refractivity contribution is 7.18. The first-order valence-electron chi connectivity index (χ1n) is 5.07. The lowest BCUT2D eigenvalue weighted by Crippen LogP contribution is -2.12. The summed E-state index contributed by atoms with van der Waals surface area (Å²) in [6.07, 6.45) is 0. The Kier molecular flexibility index (Phi) is 3.84. The molecule has 8 heteroatoms. The molecule has 1 aromatic carbocycles. The van der Waals surface area contributed by atoms with Crippen LogP contribution >= 0.6 is 22.9 Å². The molecule has 0 radical (unpaired) electrons. The summed E-state index contributed by atoms with van der Waals surface area (Å²) >= 11 is 6.39. The van der Waals surface area contributed by atoms with Crippen molar-refractivity contribution in [2.75, 3.05) is 0 Å². The maximum atomic E-state index is 13.5. The van der Waals surface area contributed by atoms with Gasteiger partial charge in [0, 0.05) is 0 Å². The van der Waals surface area contributed by atoms with E-state index in [0.29, 0.717) is 16.9 Å². The zero-order valence-corrected chi connectivity index (χ0v) is 11.2. The molecule has 0 saturated heterocycles. The zero-order valence-electron chi connectivity index (χ0n) is 9.66. The van der Waals surface area contributed by atoms with Crippen molar-refractivity contribution < 1.29 is 26.7 Å². The van der Waals surface area contributed by atoms with Crippen LogP contribution in [0.15, 0.2) is 6.07 Å². The number of rotatable bonds is 2. The topological polar surface area (TPSA) is 17.1 Å². The van der Waals surface area contributed by atoms with E-state index in [-0.39, 0.29) is 9.21 Å². The number of benzene rings is 1. The molecule has 0 N–H and O–H groups in total. The predicted octanol–water partition coefficient (Wildman–Crippen LogP) is 4.64. The van der Waals surface area contributed by atoms with Gasteiger partial charge in [-0.2, -0.15) is 0 Å². The second-order valence-electron chi connectivity index (χ2n) is 3.84.